The molecule has 3 rings (SSSR count). The summed E-state index contributed by atoms with van der Waals surface area (Å²) in [5.41, 5.74) is 3.05. The van der Waals surface area contributed by atoms with Crippen molar-refractivity contribution in [3.05, 3.63) is 40.7 Å². The van der Waals surface area contributed by atoms with Crippen molar-refractivity contribution in [1.29, 1.82) is 0 Å². The van der Waals surface area contributed by atoms with Gasteiger partial charge in [-0.25, -0.2) is 0 Å². The van der Waals surface area contributed by atoms with E-state index in [0.29, 0.717) is 16.1 Å². The molecule has 6 nitrogen and oxygen atoms in total. The summed E-state index contributed by atoms with van der Waals surface area (Å²) in [6, 6.07) is 7.28. The molecule has 7 heteroatoms. The Morgan fingerprint density at radius 2 is 2.05 bits per heavy atom. The van der Waals surface area contributed by atoms with E-state index in [4.69, 9.17) is 11.6 Å². The van der Waals surface area contributed by atoms with Crippen LogP contribution in [0.5, 0.6) is 0 Å². The third kappa shape index (κ3) is 2.39. The molecular weight excluding hydrogens is 302 g/mol. The third-order valence-corrected chi connectivity index (χ3v) is 4.26. The summed E-state index contributed by atoms with van der Waals surface area (Å²) in [7, 11) is 0. The first kappa shape index (κ1) is 14.7. The summed E-state index contributed by atoms with van der Waals surface area (Å²) in [6.07, 6.45) is 0.269. The number of aryl methyl sites for hydroxylation is 1. The number of carbonyl (C=O) groups is 1. The van der Waals surface area contributed by atoms with Crippen LogP contribution >= 0.6 is 11.6 Å². The highest BCUT2D eigenvalue weighted by Crippen LogP contribution is 2.24. The van der Waals surface area contributed by atoms with Crippen LogP contribution in [-0.2, 0) is 0 Å². The van der Waals surface area contributed by atoms with Gasteiger partial charge < -0.3 is 0 Å². The summed E-state index contributed by atoms with van der Waals surface area (Å²) < 4.78 is 3.13. The van der Waals surface area contributed by atoms with Crippen LogP contribution in [-0.4, -0.2) is 30.7 Å². The molecule has 0 aliphatic heterocycles. The van der Waals surface area contributed by atoms with Gasteiger partial charge in [0.05, 0.1) is 34.4 Å². The van der Waals surface area contributed by atoms with Crippen molar-refractivity contribution in [1.82, 2.24) is 24.8 Å². The van der Waals surface area contributed by atoms with Gasteiger partial charge in [0.25, 0.3) is 5.91 Å². The molecule has 0 fully saturated rings. The van der Waals surface area contributed by atoms with Gasteiger partial charge in [0.15, 0.2) is 0 Å². The fraction of sp³-hybridized carbons (Fsp3) is 0.333. The Kier molecular flexibility index (Phi) is 3.70. The van der Waals surface area contributed by atoms with E-state index in [1.54, 1.807) is 4.68 Å². The van der Waals surface area contributed by atoms with Gasteiger partial charge in [-0.3, -0.25) is 9.48 Å². The molecule has 0 bridgehead atoms. The smallest absolute Gasteiger partial charge is 0.250 e. The topological polar surface area (TPSA) is 65.6 Å². The lowest BCUT2D eigenvalue weighted by Crippen LogP contribution is -2.19. The van der Waals surface area contributed by atoms with Gasteiger partial charge in [-0.1, -0.05) is 28.9 Å². The number of carbonyl (C=O) groups excluding carboxylic acids is 1. The zero-order valence-corrected chi connectivity index (χ0v) is 13.4. The van der Waals surface area contributed by atoms with Gasteiger partial charge in [-0.15, -0.1) is 5.10 Å². The molecular formula is C15H16ClN5O. The number of aromatic nitrogens is 5. The SMILES string of the molecule is Cc1nn([C@@H](C)CC(=O)n2nnc3ccccc32)c(C)c1Cl. The maximum atomic E-state index is 12.5. The Hall–Kier alpha value is -2.21. The lowest BCUT2D eigenvalue weighted by molar-refractivity contribution is 0.0869. The number of halogens is 1. The molecule has 114 valence electrons. The van der Waals surface area contributed by atoms with Crippen LogP contribution in [0.1, 0.15) is 35.6 Å². The van der Waals surface area contributed by atoms with E-state index in [9.17, 15) is 4.79 Å². The second kappa shape index (κ2) is 5.53. The Morgan fingerprint density at radius 1 is 1.32 bits per heavy atom. The molecule has 1 aromatic carbocycles. The molecule has 0 aliphatic carbocycles. The number of fused-ring (bicyclic) bond motifs is 1. The first-order valence-electron chi connectivity index (χ1n) is 7.04. The van der Waals surface area contributed by atoms with E-state index in [1.165, 1.54) is 4.68 Å². The largest absolute Gasteiger partial charge is 0.272 e. The van der Waals surface area contributed by atoms with E-state index in [-0.39, 0.29) is 18.4 Å². The number of benzene rings is 1. The molecule has 0 N–H and O–H groups in total. The number of nitrogens with zero attached hydrogens (tertiary/aromatic N) is 5. The summed E-state index contributed by atoms with van der Waals surface area (Å²) >= 11 is 6.16. The number of hydrogen-bond acceptors (Lipinski definition) is 4. The molecule has 0 spiro atoms. The van der Waals surface area contributed by atoms with Crippen LogP contribution in [0.15, 0.2) is 24.3 Å². The van der Waals surface area contributed by atoms with Crippen LogP contribution < -0.4 is 0 Å². The zero-order chi connectivity index (χ0) is 15.9. The van der Waals surface area contributed by atoms with Gasteiger partial charge in [-0.2, -0.15) is 9.78 Å². The average molecular weight is 318 g/mol. The molecule has 0 radical (unpaired) electrons. The molecule has 2 heterocycles. The highest BCUT2D eigenvalue weighted by molar-refractivity contribution is 6.31. The molecule has 0 amide bonds. The molecule has 1 atom stereocenters. The third-order valence-electron chi connectivity index (χ3n) is 3.71. The van der Waals surface area contributed by atoms with Gasteiger partial charge >= 0.3 is 0 Å². The molecule has 0 saturated carbocycles. The summed E-state index contributed by atoms with van der Waals surface area (Å²) in [4.78, 5) is 12.5. The quantitative estimate of drug-likeness (QED) is 0.744. The van der Waals surface area contributed by atoms with Crippen molar-refractivity contribution in [2.24, 2.45) is 0 Å². The van der Waals surface area contributed by atoms with Crippen LogP contribution in [0.2, 0.25) is 5.02 Å². The first-order chi connectivity index (χ1) is 10.5. The Morgan fingerprint density at radius 3 is 2.73 bits per heavy atom. The molecule has 3 aromatic rings. The van der Waals surface area contributed by atoms with Gasteiger partial charge in [-0.05, 0) is 32.9 Å². The average Bonchev–Trinajstić information content (AvgIpc) is 3.04. The van der Waals surface area contributed by atoms with Crippen molar-refractivity contribution in [2.75, 3.05) is 0 Å². The first-order valence-corrected chi connectivity index (χ1v) is 7.41. The predicted octanol–water partition coefficient (Wildman–Crippen LogP) is 3.19. The lowest BCUT2D eigenvalue weighted by atomic mass is 10.2. The maximum Gasteiger partial charge on any atom is 0.250 e. The van der Waals surface area contributed by atoms with Gasteiger partial charge in [0.2, 0.25) is 0 Å². The standard InChI is InChI=1S/C15H16ClN5O/c1-9(20-11(3)15(16)10(2)18-20)8-14(22)21-13-7-5-4-6-12(13)17-19-21/h4-7,9H,8H2,1-3H3/t9-/m0/s1. The maximum absolute atomic E-state index is 12.5. The van der Waals surface area contributed by atoms with Crippen LogP contribution in [0, 0.1) is 13.8 Å². The van der Waals surface area contributed by atoms with E-state index < -0.39 is 0 Å². The molecule has 2 aromatic heterocycles. The van der Waals surface area contributed by atoms with Gasteiger partial charge in [0, 0.05) is 0 Å². The molecule has 0 saturated heterocycles. The zero-order valence-electron chi connectivity index (χ0n) is 12.6. The minimum absolute atomic E-state index is 0.110. The van der Waals surface area contributed by atoms with Crippen LogP contribution in [0.3, 0.4) is 0 Å². The Bertz CT molecular complexity index is 851. The van der Waals surface area contributed by atoms with E-state index in [2.05, 4.69) is 15.4 Å². The number of rotatable bonds is 3. The predicted molar refractivity (Wildman–Crippen MR) is 84.2 cm³/mol. The summed E-state index contributed by atoms with van der Waals surface area (Å²) in [6.45, 7) is 5.69. The van der Waals surface area contributed by atoms with Crippen molar-refractivity contribution in [3.8, 4) is 0 Å². The molecule has 22 heavy (non-hydrogen) atoms. The minimum atomic E-state index is -0.120. The summed E-state index contributed by atoms with van der Waals surface area (Å²) in [5, 5.41) is 13.0. The van der Waals surface area contributed by atoms with Crippen molar-refractivity contribution in [3.63, 3.8) is 0 Å². The second-order valence-corrected chi connectivity index (χ2v) is 5.74. The van der Waals surface area contributed by atoms with E-state index in [0.717, 1.165) is 11.4 Å². The Balaban J connectivity index is 1.86. The van der Waals surface area contributed by atoms with E-state index in [1.807, 2.05) is 45.0 Å². The van der Waals surface area contributed by atoms with Crippen molar-refractivity contribution >= 4 is 28.5 Å². The minimum Gasteiger partial charge on any atom is -0.272 e. The van der Waals surface area contributed by atoms with Crippen LogP contribution in [0.25, 0.3) is 11.0 Å². The lowest BCUT2D eigenvalue weighted by Gasteiger charge is -2.13. The van der Waals surface area contributed by atoms with Crippen LogP contribution in [0.4, 0.5) is 0 Å². The molecule has 0 aliphatic rings. The van der Waals surface area contributed by atoms with Crippen molar-refractivity contribution in [2.45, 2.75) is 33.2 Å². The fourth-order valence-corrected chi connectivity index (χ4v) is 2.68. The normalized spacial score (nSPS) is 12.7. The number of hydrogen-bond donors (Lipinski definition) is 0. The Labute approximate surface area is 132 Å². The highest BCUT2D eigenvalue weighted by Gasteiger charge is 2.19. The second-order valence-electron chi connectivity index (χ2n) is 5.37. The number of para-hydroxylation sites is 1. The van der Waals surface area contributed by atoms with E-state index >= 15 is 0 Å². The monoisotopic (exact) mass is 317 g/mol. The van der Waals surface area contributed by atoms with Gasteiger partial charge in [0.1, 0.15) is 5.52 Å². The fourth-order valence-electron chi connectivity index (χ4n) is 2.55. The van der Waals surface area contributed by atoms with Crippen molar-refractivity contribution < 1.29 is 4.79 Å². The highest BCUT2D eigenvalue weighted by atomic mass is 35.5. The molecule has 0 unspecified atom stereocenters. The summed E-state index contributed by atoms with van der Waals surface area (Å²) in [5.74, 6) is -0.120.